The number of benzene rings is 1. The van der Waals surface area contributed by atoms with E-state index in [2.05, 4.69) is 5.32 Å². The standard InChI is InChI=1S/C28H38N2O6/c1-28(2,3)36-27(34)20-14-16-30(17-15-20)26(33)19-6-10-22(11-7-19)35-21-8-4-18(5-9-21)23-12-13-24(31)29-25(23)32/h4-5,8-9,19-20,22-23H,6-7,10-17H2,1-3H3,(H,29,31,32)/t19-,22-,23?. The minimum Gasteiger partial charge on any atom is -0.490 e. The number of amides is 3. The Balaban J connectivity index is 1.20. The number of imide groups is 1. The zero-order valence-electron chi connectivity index (χ0n) is 21.6. The molecule has 0 radical (unpaired) electrons. The van der Waals surface area contributed by atoms with Crippen LogP contribution in [0.2, 0.25) is 0 Å². The lowest BCUT2D eigenvalue weighted by Gasteiger charge is -2.36. The van der Waals surface area contributed by atoms with Crippen LogP contribution in [0.15, 0.2) is 24.3 Å². The molecule has 2 heterocycles. The smallest absolute Gasteiger partial charge is 0.309 e. The van der Waals surface area contributed by atoms with Gasteiger partial charge in [-0.25, -0.2) is 0 Å². The van der Waals surface area contributed by atoms with E-state index < -0.39 is 5.60 Å². The number of hydrogen-bond acceptors (Lipinski definition) is 6. The van der Waals surface area contributed by atoms with Crippen molar-refractivity contribution in [1.29, 1.82) is 0 Å². The number of carbonyl (C=O) groups is 4. The Morgan fingerprint density at radius 2 is 1.53 bits per heavy atom. The summed E-state index contributed by atoms with van der Waals surface area (Å²) in [5.41, 5.74) is 0.400. The molecule has 3 fully saturated rings. The molecule has 1 aromatic rings. The van der Waals surface area contributed by atoms with Gasteiger partial charge in [0.15, 0.2) is 0 Å². The third-order valence-corrected chi connectivity index (χ3v) is 7.39. The number of nitrogens with one attached hydrogen (secondary N) is 1. The van der Waals surface area contributed by atoms with Crippen LogP contribution in [0.1, 0.15) is 83.6 Å². The van der Waals surface area contributed by atoms with Crippen molar-refractivity contribution < 1.29 is 28.7 Å². The van der Waals surface area contributed by atoms with Gasteiger partial charge in [0.2, 0.25) is 17.7 Å². The molecule has 1 atom stereocenters. The number of nitrogens with zero attached hydrogens (tertiary/aromatic N) is 1. The molecule has 0 aromatic heterocycles. The second kappa shape index (κ2) is 11.0. The van der Waals surface area contributed by atoms with Gasteiger partial charge in [0.25, 0.3) is 0 Å². The molecule has 3 aliphatic rings. The second-order valence-electron chi connectivity index (χ2n) is 11.3. The third kappa shape index (κ3) is 6.65. The predicted molar refractivity (Wildman–Crippen MR) is 133 cm³/mol. The lowest BCUT2D eigenvalue weighted by Crippen LogP contribution is -2.45. The highest BCUT2D eigenvalue weighted by Crippen LogP contribution is 2.32. The van der Waals surface area contributed by atoms with Crippen LogP contribution in [0.4, 0.5) is 0 Å². The number of piperidine rings is 2. The fraction of sp³-hybridized carbons (Fsp3) is 0.643. The van der Waals surface area contributed by atoms with Gasteiger partial charge in [-0.15, -0.1) is 0 Å². The van der Waals surface area contributed by atoms with Gasteiger partial charge in [0.05, 0.1) is 17.9 Å². The number of carbonyl (C=O) groups excluding carboxylic acids is 4. The van der Waals surface area contributed by atoms with Crippen LogP contribution >= 0.6 is 0 Å². The fourth-order valence-electron chi connectivity index (χ4n) is 5.39. The monoisotopic (exact) mass is 498 g/mol. The maximum absolute atomic E-state index is 13.1. The van der Waals surface area contributed by atoms with E-state index in [0.29, 0.717) is 38.8 Å². The summed E-state index contributed by atoms with van der Waals surface area (Å²) >= 11 is 0. The van der Waals surface area contributed by atoms with Crippen molar-refractivity contribution in [3.8, 4) is 5.75 Å². The lowest BCUT2D eigenvalue weighted by atomic mass is 9.85. The third-order valence-electron chi connectivity index (χ3n) is 7.39. The molecule has 196 valence electrons. The molecule has 2 aliphatic heterocycles. The maximum Gasteiger partial charge on any atom is 0.309 e. The van der Waals surface area contributed by atoms with Crippen molar-refractivity contribution in [2.75, 3.05) is 13.1 Å². The number of esters is 1. The summed E-state index contributed by atoms with van der Waals surface area (Å²) in [4.78, 5) is 50.8. The van der Waals surface area contributed by atoms with Crippen LogP contribution in [-0.4, -0.2) is 53.4 Å². The average Bonchev–Trinajstić information content (AvgIpc) is 2.84. The topological polar surface area (TPSA) is 102 Å². The molecule has 8 nitrogen and oxygen atoms in total. The zero-order chi connectivity index (χ0) is 25.9. The molecular weight excluding hydrogens is 460 g/mol. The van der Waals surface area contributed by atoms with Crippen molar-refractivity contribution in [3.63, 3.8) is 0 Å². The number of ether oxygens (including phenoxy) is 2. The minimum atomic E-state index is -0.486. The Hall–Kier alpha value is -2.90. The van der Waals surface area contributed by atoms with Gasteiger partial charge in [-0.2, -0.15) is 0 Å². The molecule has 8 heteroatoms. The summed E-state index contributed by atoms with van der Waals surface area (Å²) in [6.45, 7) is 6.85. The second-order valence-corrected chi connectivity index (χ2v) is 11.3. The van der Waals surface area contributed by atoms with E-state index in [4.69, 9.17) is 9.47 Å². The predicted octanol–water partition coefficient (Wildman–Crippen LogP) is 3.72. The summed E-state index contributed by atoms with van der Waals surface area (Å²) < 4.78 is 11.7. The summed E-state index contributed by atoms with van der Waals surface area (Å²) in [6.07, 6.45) is 5.50. The largest absolute Gasteiger partial charge is 0.490 e. The van der Waals surface area contributed by atoms with E-state index >= 15 is 0 Å². The first kappa shape index (κ1) is 26.2. The molecule has 2 saturated heterocycles. The Labute approximate surface area is 213 Å². The number of rotatable bonds is 5. The number of likely N-dealkylation sites (tertiary alicyclic amines) is 1. The SMILES string of the molecule is CC(C)(C)OC(=O)C1CCN(C(=O)[C@H]2CC[C@H](Oc3ccc(C4CCC(=O)NC4=O)cc3)CC2)CC1. The molecule has 0 spiro atoms. The van der Waals surface area contributed by atoms with Crippen molar-refractivity contribution in [2.24, 2.45) is 11.8 Å². The molecule has 1 unspecified atom stereocenters. The summed E-state index contributed by atoms with van der Waals surface area (Å²) in [7, 11) is 0. The van der Waals surface area contributed by atoms with Crippen molar-refractivity contribution in [1.82, 2.24) is 10.2 Å². The van der Waals surface area contributed by atoms with E-state index in [1.54, 1.807) is 0 Å². The van der Waals surface area contributed by atoms with Crippen LogP contribution in [0.3, 0.4) is 0 Å². The van der Waals surface area contributed by atoms with E-state index in [1.807, 2.05) is 49.9 Å². The van der Waals surface area contributed by atoms with E-state index in [1.165, 1.54) is 0 Å². The highest BCUT2D eigenvalue weighted by atomic mass is 16.6. The van der Waals surface area contributed by atoms with Crippen LogP contribution in [0.25, 0.3) is 0 Å². The van der Waals surface area contributed by atoms with Gasteiger partial charge >= 0.3 is 5.97 Å². The van der Waals surface area contributed by atoms with Crippen molar-refractivity contribution in [2.45, 2.75) is 89.8 Å². The van der Waals surface area contributed by atoms with Crippen LogP contribution in [0, 0.1) is 11.8 Å². The molecule has 3 amide bonds. The number of hydrogen-bond donors (Lipinski definition) is 1. The van der Waals surface area contributed by atoms with Gasteiger partial charge in [-0.1, -0.05) is 12.1 Å². The Bertz CT molecular complexity index is 967. The maximum atomic E-state index is 13.1. The first-order valence-electron chi connectivity index (χ1n) is 13.2. The van der Waals surface area contributed by atoms with Crippen LogP contribution in [-0.2, 0) is 23.9 Å². The van der Waals surface area contributed by atoms with Crippen LogP contribution < -0.4 is 10.1 Å². The van der Waals surface area contributed by atoms with Gasteiger partial charge in [0, 0.05) is 25.4 Å². The van der Waals surface area contributed by atoms with Crippen molar-refractivity contribution in [3.05, 3.63) is 29.8 Å². The average molecular weight is 499 g/mol. The normalized spacial score (nSPS) is 25.8. The highest BCUT2D eigenvalue weighted by Gasteiger charge is 2.35. The molecule has 1 aromatic carbocycles. The first-order valence-corrected chi connectivity index (χ1v) is 13.2. The Morgan fingerprint density at radius 3 is 2.11 bits per heavy atom. The lowest BCUT2D eigenvalue weighted by molar-refractivity contribution is -0.163. The minimum absolute atomic E-state index is 0.0119. The van der Waals surface area contributed by atoms with E-state index in [-0.39, 0.29) is 47.5 Å². The highest BCUT2D eigenvalue weighted by molar-refractivity contribution is 6.00. The van der Waals surface area contributed by atoms with Gasteiger partial charge < -0.3 is 14.4 Å². The molecular formula is C28H38N2O6. The van der Waals surface area contributed by atoms with Crippen LogP contribution in [0.5, 0.6) is 5.75 Å². The molecule has 4 rings (SSSR count). The summed E-state index contributed by atoms with van der Waals surface area (Å²) in [5, 5.41) is 2.40. The fourth-order valence-corrected chi connectivity index (χ4v) is 5.39. The molecule has 0 bridgehead atoms. The first-order chi connectivity index (χ1) is 17.1. The van der Waals surface area contributed by atoms with Gasteiger partial charge in [-0.05, 0) is 83.4 Å². The Kier molecular flexibility index (Phi) is 8.00. The molecule has 1 N–H and O–H groups in total. The molecule has 36 heavy (non-hydrogen) atoms. The van der Waals surface area contributed by atoms with E-state index in [9.17, 15) is 19.2 Å². The van der Waals surface area contributed by atoms with E-state index in [0.717, 1.165) is 37.0 Å². The Morgan fingerprint density at radius 1 is 0.889 bits per heavy atom. The summed E-state index contributed by atoms with van der Waals surface area (Å²) in [5.74, 6) is -0.0660. The quantitative estimate of drug-likeness (QED) is 0.490. The molecule has 1 aliphatic carbocycles. The van der Waals surface area contributed by atoms with Crippen molar-refractivity contribution >= 4 is 23.7 Å². The van der Waals surface area contributed by atoms with Gasteiger partial charge in [-0.3, -0.25) is 24.5 Å². The zero-order valence-corrected chi connectivity index (χ0v) is 21.6. The molecule has 1 saturated carbocycles. The summed E-state index contributed by atoms with van der Waals surface area (Å²) in [6, 6.07) is 7.55. The van der Waals surface area contributed by atoms with Gasteiger partial charge in [0.1, 0.15) is 11.4 Å².